The van der Waals surface area contributed by atoms with Gasteiger partial charge in [0.1, 0.15) is 0 Å². The van der Waals surface area contributed by atoms with Crippen molar-refractivity contribution in [2.45, 2.75) is 44.6 Å². The number of nitrogens with two attached hydrogens (primary N) is 1. The zero-order valence-corrected chi connectivity index (χ0v) is 6.77. The van der Waals surface area contributed by atoms with Gasteiger partial charge in [0.25, 0.3) is 0 Å². The minimum atomic E-state index is 0.310. The molecule has 0 spiro atoms. The molecule has 1 nitrogen and oxygen atoms in total. The normalized spacial score (nSPS) is 43.8. The molecule has 2 rings (SSSR count). The van der Waals surface area contributed by atoms with Crippen molar-refractivity contribution in [3.05, 3.63) is 0 Å². The maximum Gasteiger partial charge on any atom is 0.0184 e. The molecule has 2 aliphatic carbocycles. The molecule has 0 bridgehead atoms. The lowest BCUT2D eigenvalue weighted by Crippen LogP contribution is -2.30. The molecular weight excluding hydrogens is 122 g/mol. The molecule has 2 unspecified atom stereocenters. The minimum absolute atomic E-state index is 0.310. The molecule has 2 fully saturated rings. The second kappa shape index (κ2) is 1.97. The number of hydrogen-bond donors (Lipinski definition) is 1. The molecule has 1 heteroatoms. The maximum absolute atomic E-state index is 6.11. The summed E-state index contributed by atoms with van der Waals surface area (Å²) in [6, 6.07) is 0. The van der Waals surface area contributed by atoms with Crippen molar-refractivity contribution in [1.82, 2.24) is 0 Å². The summed E-state index contributed by atoms with van der Waals surface area (Å²) in [5.41, 5.74) is 6.42. The van der Waals surface area contributed by atoms with Gasteiger partial charge in [-0.15, -0.1) is 0 Å². The van der Waals surface area contributed by atoms with Gasteiger partial charge in [0.05, 0.1) is 0 Å². The van der Waals surface area contributed by atoms with E-state index in [0.717, 1.165) is 11.8 Å². The molecule has 0 heterocycles. The standard InChI is InChI=1S/C9H17N/c1-7-2-3-8(6-7)9(10)4-5-9/h7-8H,2-6,10H2,1H3. The van der Waals surface area contributed by atoms with Crippen LogP contribution < -0.4 is 5.73 Å². The molecule has 2 aliphatic rings. The van der Waals surface area contributed by atoms with Crippen LogP contribution in [0.3, 0.4) is 0 Å². The monoisotopic (exact) mass is 139 g/mol. The summed E-state index contributed by atoms with van der Waals surface area (Å²) in [6.45, 7) is 2.35. The molecule has 58 valence electrons. The average Bonchev–Trinajstić information content (AvgIpc) is 2.45. The van der Waals surface area contributed by atoms with Crippen LogP contribution in [0.2, 0.25) is 0 Å². The van der Waals surface area contributed by atoms with Crippen molar-refractivity contribution in [3.8, 4) is 0 Å². The summed E-state index contributed by atoms with van der Waals surface area (Å²) < 4.78 is 0. The third-order valence-corrected chi connectivity index (χ3v) is 3.34. The summed E-state index contributed by atoms with van der Waals surface area (Å²) in [4.78, 5) is 0. The second-order valence-corrected chi connectivity index (χ2v) is 4.35. The molecule has 0 aromatic rings. The van der Waals surface area contributed by atoms with E-state index < -0.39 is 0 Å². The van der Waals surface area contributed by atoms with Gasteiger partial charge in [-0.1, -0.05) is 13.3 Å². The van der Waals surface area contributed by atoms with E-state index in [2.05, 4.69) is 6.92 Å². The highest BCUT2D eigenvalue weighted by atomic mass is 14.8. The minimum Gasteiger partial charge on any atom is -0.325 e. The lowest BCUT2D eigenvalue weighted by Gasteiger charge is -2.16. The van der Waals surface area contributed by atoms with Crippen molar-refractivity contribution in [2.75, 3.05) is 0 Å². The van der Waals surface area contributed by atoms with Crippen molar-refractivity contribution in [1.29, 1.82) is 0 Å². The van der Waals surface area contributed by atoms with Gasteiger partial charge >= 0.3 is 0 Å². The molecule has 0 saturated heterocycles. The van der Waals surface area contributed by atoms with Crippen molar-refractivity contribution in [3.63, 3.8) is 0 Å². The first-order valence-corrected chi connectivity index (χ1v) is 4.49. The van der Waals surface area contributed by atoms with E-state index >= 15 is 0 Å². The van der Waals surface area contributed by atoms with Crippen LogP contribution in [0.25, 0.3) is 0 Å². The Balaban J connectivity index is 1.95. The SMILES string of the molecule is CC1CCC(C2(N)CC2)C1. The summed E-state index contributed by atoms with van der Waals surface area (Å²) in [5, 5.41) is 0. The topological polar surface area (TPSA) is 26.0 Å². The smallest absolute Gasteiger partial charge is 0.0184 e. The largest absolute Gasteiger partial charge is 0.325 e. The first-order chi connectivity index (χ1) is 4.71. The Morgan fingerprint density at radius 1 is 1.30 bits per heavy atom. The molecule has 0 aromatic carbocycles. The Labute approximate surface area is 63.0 Å². The van der Waals surface area contributed by atoms with Crippen LogP contribution in [0.1, 0.15) is 39.0 Å². The van der Waals surface area contributed by atoms with Crippen molar-refractivity contribution < 1.29 is 0 Å². The van der Waals surface area contributed by atoms with Gasteiger partial charge in [-0.2, -0.15) is 0 Å². The van der Waals surface area contributed by atoms with Gasteiger partial charge in [0, 0.05) is 5.54 Å². The molecule has 2 N–H and O–H groups in total. The van der Waals surface area contributed by atoms with Crippen molar-refractivity contribution >= 4 is 0 Å². The van der Waals surface area contributed by atoms with Gasteiger partial charge in [-0.05, 0) is 37.5 Å². The van der Waals surface area contributed by atoms with E-state index in [0.29, 0.717) is 5.54 Å². The second-order valence-electron chi connectivity index (χ2n) is 4.35. The Morgan fingerprint density at radius 2 is 2.00 bits per heavy atom. The molecular formula is C9H17N. The molecule has 0 amide bonds. The predicted molar refractivity (Wildman–Crippen MR) is 42.7 cm³/mol. The quantitative estimate of drug-likeness (QED) is 0.590. The lowest BCUT2D eigenvalue weighted by molar-refractivity contribution is 0.402. The molecule has 2 atom stereocenters. The summed E-state index contributed by atoms with van der Waals surface area (Å²) in [7, 11) is 0. The lowest BCUT2D eigenvalue weighted by atomic mass is 9.95. The molecule has 0 aliphatic heterocycles. The fourth-order valence-electron chi connectivity index (χ4n) is 2.28. The highest BCUT2D eigenvalue weighted by Crippen LogP contribution is 2.48. The van der Waals surface area contributed by atoms with Gasteiger partial charge in [0.15, 0.2) is 0 Å². The average molecular weight is 139 g/mol. The van der Waals surface area contributed by atoms with Gasteiger partial charge in [-0.3, -0.25) is 0 Å². The fraction of sp³-hybridized carbons (Fsp3) is 1.00. The summed E-state index contributed by atoms with van der Waals surface area (Å²) in [5.74, 6) is 1.83. The third-order valence-electron chi connectivity index (χ3n) is 3.34. The van der Waals surface area contributed by atoms with E-state index in [4.69, 9.17) is 5.73 Å². The van der Waals surface area contributed by atoms with Crippen LogP contribution in [-0.2, 0) is 0 Å². The van der Waals surface area contributed by atoms with E-state index in [1.54, 1.807) is 0 Å². The predicted octanol–water partition coefficient (Wildman–Crippen LogP) is 1.91. The van der Waals surface area contributed by atoms with Crippen LogP contribution in [-0.4, -0.2) is 5.54 Å². The van der Waals surface area contributed by atoms with E-state index in [1.165, 1.54) is 32.1 Å². The molecule has 10 heavy (non-hydrogen) atoms. The fourth-order valence-corrected chi connectivity index (χ4v) is 2.28. The van der Waals surface area contributed by atoms with Crippen molar-refractivity contribution in [2.24, 2.45) is 17.6 Å². The summed E-state index contributed by atoms with van der Waals surface area (Å²) >= 11 is 0. The van der Waals surface area contributed by atoms with Gasteiger partial charge < -0.3 is 5.73 Å². The highest BCUT2D eigenvalue weighted by molar-refractivity contribution is 5.05. The van der Waals surface area contributed by atoms with Crippen LogP contribution in [0.5, 0.6) is 0 Å². The van der Waals surface area contributed by atoms with Gasteiger partial charge in [0.2, 0.25) is 0 Å². The maximum atomic E-state index is 6.11. The number of hydrogen-bond acceptors (Lipinski definition) is 1. The zero-order chi connectivity index (χ0) is 7.19. The van der Waals surface area contributed by atoms with E-state index in [1.807, 2.05) is 0 Å². The number of rotatable bonds is 1. The van der Waals surface area contributed by atoms with E-state index in [9.17, 15) is 0 Å². The van der Waals surface area contributed by atoms with Crippen LogP contribution >= 0.6 is 0 Å². The third kappa shape index (κ3) is 0.968. The Hall–Kier alpha value is -0.0400. The van der Waals surface area contributed by atoms with Crippen LogP contribution in [0, 0.1) is 11.8 Å². The summed E-state index contributed by atoms with van der Waals surface area (Å²) in [6.07, 6.45) is 6.81. The Kier molecular flexibility index (Phi) is 1.31. The van der Waals surface area contributed by atoms with Gasteiger partial charge in [-0.25, -0.2) is 0 Å². The first kappa shape index (κ1) is 6.66. The van der Waals surface area contributed by atoms with E-state index in [-0.39, 0.29) is 0 Å². The first-order valence-electron chi connectivity index (χ1n) is 4.49. The van der Waals surface area contributed by atoms with Crippen LogP contribution in [0.15, 0.2) is 0 Å². The Bertz CT molecular complexity index is 138. The molecule has 0 aromatic heterocycles. The molecule has 0 radical (unpaired) electrons. The Morgan fingerprint density at radius 3 is 2.40 bits per heavy atom. The van der Waals surface area contributed by atoms with Crippen LogP contribution in [0.4, 0.5) is 0 Å². The highest BCUT2D eigenvalue weighted by Gasteiger charge is 2.47. The molecule has 2 saturated carbocycles. The zero-order valence-electron chi connectivity index (χ0n) is 6.77.